The lowest BCUT2D eigenvalue weighted by molar-refractivity contribution is -0.122. The summed E-state index contributed by atoms with van der Waals surface area (Å²) >= 11 is 5.03. The zero-order valence-corrected chi connectivity index (χ0v) is 13.9. The molecule has 0 unspecified atom stereocenters. The van der Waals surface area contributed by atoms with Crippen LogP contribution >= 0.6 is 27.3 Å². The number of carbonyl (C=O) groups is 1. The van der Waals surface area contributed by atoms with Crippen molar-refractivity contribution in [3.63, 3.8) is 0 Å². The van der Waals surface area contributed by atoms with Crippen LogP contribution in [0.15, 0.2) is 51.4 Å². The molecule has 3 rings (SSSR count). The van der Waals surface area contributed by atoms with Gasteiger partial charge >= 0.3 is 0 Å². The second-order valence-electron chi connectivity index (χ2n) is 5.14. The molecule has 0 radical (unpaired) electrons. The van der Waals surface area contributed by atoms with Crippen molar-refractivity contribution in [2.24, 2.45) is 11.0 Å². The number of carbonyl (C=O) groups excluding carboxylic acids is 1. The fraction of sp³-hybridized carbons (Fsp3) is 0.250. The second-order valence-corrected chi connectivity index (χ2v) is 7.60. The van der Waals surface area contributed by atoms with Crippen molar-refractivity contribution in [2.45, 2.75) is 19.3 Å². The van der Waals surface area contributed by atoms with Crippen LogP contribution in [0.4, 0.5) is 0 Å². The molecule has 2 atom stereocenters. The van der Waals surface area contributed by atoms with Gasteiger partial charge in [-0.05, 0) is 52.9 Å². The molecule has 1 aliphatic carbocycles. The first-order chi connectivity index (χ1) is 10.1. The summed E-state index contributed by atoms with van der Waals surface area (Å²) in [6, 6.07) is 14.1. The summed E-state index contributed by atoms with van der Waals surface area (Å²) in [5.41, 5.74) is 4.76. The van der Waals surface area contributed by atoms with Crippen LogP contribution in [0.25, 0.3) is 0 Å². The molecule has 1 heterocycles. The van der Waals surface area contributed by atoms with Crippen molar-refractivity contribution in [1.29, 1.82) is 0 Å². The Hall–Kier alpha value is -1.46. The van der Waals surface area contributed by atoms with Crippen LogP contribution in [0.2, 0.25) is 0 Å². The van der Waals surface area contributed by atoms with E-state index in [4.69, 9.17) is 0 Å². The number of rotatable bonds is 4. The smallest absolute Gasteiger partial charge is 0.243 e. The minimum Gasteiger partial charge on any atom is -0.273 e. The summed E-state index contributed by atoms with van der Waals surface area (Å²) in [7, 11) is 0. The van der Waals surface area contributed by atoms with E-state index in [2.05, 4.69) is 38.6 Å². The van der Waals surface area contributed by atoms with Crippen molar-refractivity contribution in [3.05, 3.63) is 56.7 Å². The summed E-state index contributed by atoms with van der Waals surface area (Å²) in [4.78, 5) is 13.2. The van der Waals surface area contributed by atoms with Gasteiger partial charge in [0.15, 0.2) is 0 Å². The zero-order valence-electron chi connectivity index (χ0n) is 11.5. The Kier molecular flexibility index (Phi) is 4.22. The van der Waals surface area contributed by atoms with Crippen LogP contribution in [0, 0.1) is 5.92 Å². The first-order valence-electron chi connectivity index (χ1n) is 6.80. The Morgan fingerprint density at radius 2 is 2.05 bits per heavy atom. The first kappa shape index (κ1) is 14.5. The highest BCUT2D eigenvalue weighted by atomic mass is 79.9. The third-order valence-electron chi connectivity index (χ3n) is 3.62. The van der Waals surface area contributed by atoms with Crippen LogP contribution in [-0.4, -0.2) is 11.6 Å². The number of nitrogens with one attached hydrogen (secondary N) is 1. The monoisotopic (exact) mass is 362 g/mol. The van der Waals surface area contributed by atoms with Gasteiger partial charge in [0.2, 0.25) is 5.91 Å². The lowest BCUT2D eigenvalue weighted by Crippen LogP contribution is -2.21. The second kappa shape index (κ2) is 6.12. The van der Waals surface area contributed by atoms with Gasteiger partial charge in [0.25, 0.3) is 0 Å². The molecule has 0 spiro atoms. The average Bonchev–Trinajstić information content (AvgIpc) is 3.20. The Labute approximate surface area is 136 Å². The van der Waals surface area contributed by atoms with E-state index in [-0.39, 0.29) is 11.8 Å². The molecule has 1 aromatic heterocycles. The van der Waals surface area contributed by atoms with Gasteiger partial charge in [0, 0.05) is 5.92 Å². The van der Waals surface area contributed by atoms with E-state index in [1.807, 2.05) is 37.3 Å². The maximum Gasteiger partial charge on any atom is 0.243 e. The molecule has 1 saturated carbocycles. The fourth-order valence-electron chi connectivity index (χ4n) is 2.34. The lowest BCUT2D eigenvalue weighted by atomic mass is 10.1. The summed E-state index contributed by atoms with van der Waals surface area (Å²) in [6.45, 7) is 1.90. The van der Waals surface area contributed by atoms with Gasteiger partial charge in [0.05, 0.1) is 14.4 Å². The Morgan fingerprint density at radius 1 is 1.29 bits per heavy atom. The highest BCUT2D eigenvalue weighted by Crippen LogP contribution is 2.47. The van der Waals surface area contributed by atoms with Gasteiger partial charge < -0.3 is 0 Å². The normalized spacial score (nSPS) is 21.1. The molecule has 0 saturated heterocycles. The quantitative estimate of drug-likeness (QED) is 0.643. The number of halogens is 1. The number of thiophene rings is 1. The van der Waals surface area contributed by atoms with E-state index in [1.165, 1.54) is 5.56 Å². The molecule has 108 valence electrons. The van der Waals surface area contributed by atoms with Crippen LogP contribution in [0.1, 0.15) is 29.7 Å². The molecular formula is C16H15BrN2OS. The standard InChI is InChI=1S/C16H15BrN2OS/c1-10(14-7-8-15(17)21-14)18-19-16(20)13-9-12(13)11-5-3-2-4-6-11/h2-8,12-13H,9H2,1H3,(H,19,20)/b18-10-/t12-,13-/m0/s1. The van der Waals surface area contributed by atoms with Gasteiger partial charge in [-0.2, -0.15) is 5.10 Å². The Morgan fingerprint density at radius 3 is 2.71 bits per heavy atom. The molecule has 3 nitrogen and oxygen atoms in total. The predicted molar refractivity (Wildman–Crippen MR) is 89.7 cm³/mol. The third kappa shape index (κ3) is 3.41. The molecule has 21 heavy (non-hydrogen) atoms. The van der Waals surface area contributed by atoms with Crippen molar-refractivity contribution in [3.8, 4) is 0 Å². The van der Waals surface area contributed by atoms with E-state index < -0.39 is 0 Å². The molecule has 1 fully saturated rings. The topological polar surface area (TPSA) is 41.5 Å². The minimum absolute atomic E-state index is 0.0128. The van der Waals surface area contributed by atoms with Crippen LogP contribution in [0.5, 0.6) is 0 Å². The SMILES string of the molecule is C/C(=N/NC(=O)[C@H]1C[C@H]1c1ccccc1)c1ccc(Br)s1. The number of hydrazone groups is 1. The number of benzene rings is 1. The molecule has 1 amide bonds. The maximum atomic E-state index is 12.1. The Balaban J connectivity index is 1.58. The molecular weight excluding hydrogens is 348 g/mol. The van der Waals surface area contributed by atoms with E-state index in [0.29, 0.717) is 5.92 Å². The molecule has 1 aliphatic rings. The number of hydrogen-bond donors (Lipinski definition) is 1. The van der Waals surface area contributed by atoms with Gasteiger partial charge in [-0.1, -0.05) is 30.3 Å². The van der Waals surface area contributed by atoms with Gasteiger partial charge in [-0.15, -0.1) is 11.3 Å². The molecule has 5 heteroatoms. The van der Waals surface area contributed by atoms with Crippen molar-refractivity contribution in [1.82, 2.24) is 5.43 Å². The first-order valence-corrected chi connectivity index (χ1v) is 8.41. The van der Waals surface area contributed by atoms with Gasteiger partial charge in [-0.25, -0.2) is 5.43 Å². The molecule has 1 N–H and O–H groups in total. The maximum absolute atomic E-state index is 12.1. The Bertz CT molecular complexity index is 681. The number of amides is 1. The van der Waals surface area contributed by atoms with Crippen LogP contribution < -0.4 is 5.43 Å². The molecule has 0 bridgehead atoms. The molecule has 0 aliphatic heterocycles. The van der Waals surface area contributed by atoms with Gasteiger partial charge in [-0.3, -0.25) is 4.79 Å². The summed E-state index contributed by atoms with van der Waals surface area (Å²) in [5.74, 6) is 0.412. The number of hydrogen-bond acceptors (Lipinski definition) is 3. The lowest BCUT2D eigenvalue weighted by Gasteiger charge is -2.01. The molecule has 1 aromatic carbocycles. The van der Waals surface area contributed by atoms with Gasteiger partial charge in [0.1, 0.15) is 0 Å². The van der Waals surface area contributed by atoms with Crippen molar-refractivity contribution in [2.75, 3.05) is 0 Å². The predicted octanol–water partition coefficient (Wildman–Crippen LogP) is 4.15. The largest absolute Gasteiger partial charge is 0.273 e. The minimum atomic E-state index is 0.0128. The van der Waals surface area contributed by atoms with E-state index in [9.17, 15) is 4.79 Å². The summed E-state index contributed by atoms with van der Waals surface area (Å²) < 4.78 is 1.06. The fourth-order valence-corrected chi connectivity index (χ4v) is 3.67. The highest BCUT2D eigenvalue weighted by Gasteiger charge is 2.43. The average molecular weight is 363 g/mol. The third-order valence-corrected chi connectivity index (χ3v) is 5.35. The van der Waals surface area contributed by atoms with Crippen molar-refractivity contribution < 1.29 is 4.79 Å². The molecule has 2 aromatic rings. The summed E-state index contributed by atoms with van der Waals surface area (Å²) in [6.07, 6.45) is 0.912. The van der Waals surface area contributed by atoms with E-state index in [1.54, 1.807) is 11.3 Å². The van der Waals surface area contributed by atoms with Crippen LogP contribution in [0.3, 0.4) is 0 Å². The number of nitrogens with zero attached hydrogens (tertiary/aromatic N) is 1. The van der Waals surface area contributed by atoms with E-state index >= 15 is 0 Å². The summed E-state index contributed by atoms with van der Waals surface area (Å²) in [5, 5.41) is 4.20. The van der Waals surface area contributed by atoms with Crippen molar-refractivity contribution >= 4 is 38.9 Å². The van der Waals surface area contributed by atoms with E-state index in [0.717, 1.165) is 20.8 Å². The highest BCUT2D eigenvalue weighted by molar-refractivity contribution is 9.11. The zero-order chi connectivity index (χ0) is 14.8. The van der Waals surface area contributed by atoms with Crippen LogP contribution in [-0.2, 0) is 4.79 Å².